The molecule has 23 rings (SSSR count). The van der Waals surface area contributed by atoms with Gasteiger partial charge in [0.2, 0.25) is 0 Å². The fourth-order valence-corrected chi connectivity index (χ4v) is 19.4. The standard InChI is InChI=1S/C108H69N3O2/c1-6-26-70(27-7-1)76-64-77(71-28-8-2-9-29-71)66-86(65-76)111(84-60-63-99-94(68-84)104-92-40-20-25-45-101(92)112-106(104)107(99)95-41-21-16-36-87(95)88-37-17-22-42-96(88)107)81-53-50-73(51-54-81)72-46-48-74(49-47-72)75-52-61-93-102(67-75)113-105-103(93)91-39-19-24-44-98(91)108(105)97-43-23-18-38-89(97)90-62-59-85(69-100(90)108)110(80-34-14-5-15-35-80)83-57-55-82(56-58-83)109(78-30-10-3-11-31-78)79-32-12-4-13-33-79/h1-69H. The fraction of sp³-hybridized carbons (Fsp3) is 0.0185. The molecule has 0 saturated heterocycles. The molecule has 5 nitrogen and oxygen atoms in total. The van der Waals surface area contributed by atoms with Gasteiger partial charge in [0, 0.05) is 73.1 Å². The highest BCUT2D eigenvalue weighted by Gasteiger charge is 2.57. The molecular weight excluding hydrogens is 1370 g/mol. The van der Waals surface area contributed by atoms with Crippen molar-refractivity contribution in [1.82, 2.24) is 0 Å². The molecule has 5 heteroatoms. The van der Waals surface area contributed by atoms with E-state index in [2.05, 4.69) is 433 Å². The smallest absolute Gasteiger partial charge is 0.135 e. The topological polar surface area (TPSA) is 36.0 Å². The van der Waals surface area contributed by atoms with Gasteiger partial charge in [-0.2, -0.15) is 0 Å². The van der Waals surface area contributed by atoms with Crippen LogP contribution in [-0.4, -0.2) is 0 Å². The highest BCUT2D eigenvalue weighted by molar-refractivity contribution is 6.08. The summed E-state index contributed by atoms with van der Waals surface area (Å²) in [6.45, 7) is 0. The van der Waals surface area contributed by atoms with Gasteiger partial charge in [-0.05, 0) is 245 Å². The first-order valence-corrected chi connectivity index (χ1v) is 38.9. The molecule has 0 radical (unpaired) electrons. The molecule has 0 fully saturated rings. The molecule has 1 atom stereocenters. The van der Waals surface area contributed by atoms with Crippen molar-refractivity contribution in [1.29, 1.82) is 0 Å². The van der Waals surface area contributed by atoms with Crippen LogP contribution in [0.15, 0.2) is 427 Å². The third kappa shape index (κ3) is 9.72. The number of anilines is 9. The maximum atomic E-state index is 7.60. The van der Waals surface area contributed by atoms with E-state index in [0.29, 0.717) is 0 Å². The van der Waals surface area contributed by atoms with Crippen molar-refractivity contribution in [3.63, 3.8) is 0 Å². The third-order valence-electron chi connectivity index (χ3n) is 24.2. The van der Waals surface area contributed by atoms with Crippen LogP contribution in [0.1, 0.15) is 44.9 Å². The summed E-state index contributed by atoms with van der Waals surface area (Å²) < 4.78 is 14.8. The van der Waals surface area contributed by atoms with Gasteiger partial charge < -0.3 is 23.5 Å². The lowest BCUT2D eigenvalue weighted by atomic mass is 9.73. The van der Waals surface area contributed by atoms with Crippen molar-refractivity contribution >= 4 is 73.1 Å². The minimum Gasteiger partial charge on any atom is -0.459 e. The second-order valence-corrected chi connectivity index (χ2v) is 30.1. The summed E-state index contributed by atoms with van der Waals surface area (Å²) in [5.41, 5.74) is 35.9. The van der Waals surface area contributed by atoms with Crippen LogP contribution in [0.25, 0.3) is 111 Å². The predicted molar refractivity (Wildman–Crippen MR) is 464 cm³/mol. The molecule has 0 N–H and O–H groups in total. The fourth-order valence-electron chi connectivity index (χ4n) is 19.4. The lowest BCUT2D eigenvalue weighted by Crippen LogP contribution is -2.25. The van der Waals surface area contributed by atoms with Gasteiger partial charge in [0.15, 0.2) is 0 Å². The van der Waals surface area contributed by atoms with E-state index in [1.807, 2.05) is 0 Å². The van der Waals surface area contributed by atoms with Gasteiger partial charge in [-0.15, -0.1) is 0 Å². The van der Waals surface area contributed by atoms with Crippen molar-refractivity contribution in [3.05, 3.63) is 463 Å². The predicted octanol–water partition coefficient (Wildman–Crippen LogP) is 28.9. The maximum Gasteiger partial charge on any atom is 0.135 e. The van der Waals surface area contributed by atoms with E-state index in [1.165, 1.54) is 66.8 Å². The van der Waals surface area contributed by atoms with Crippen molar-refractivity contribution in [2.75, 3.05) is 14.7 Å². The van der Waals surface area contributed by atoms with Gasteiger partial charge in [0.05, 0.1) is 0 Å². The maximum absolute atomic E-state index is 7.60. The molecule has 0 bridgehead atoms. The second-order valence-electron chi connectivity index (χ2n) is 30.1. The minimum absolute atomic E-state index is 0.643. The Labute approximate surface area is 655 Å². The first kappa shape index (κ1) is 64.2. The Morgan fingerprint density at radius 1 is 0.168 bits per heavy atom. The van der Waals surface area contributed by atoms with Crippen LogP contribution in [0, 0.1) is 0 Å². The van der Waals surface area contributed by atoms with Gasteiger partial charge in [-0.3, -0.25) is 0 Å². The Morgan fingerprint density at radius 2 is 0.496 bits per heavy atom. The van der Waals surface area contributed by atoms with Crippen molar-refractivity contribution in [3.8, 4) is 89.0 Å². The van der Waals surface area contributed by atoms with Crippen LogP contribution in [0.3, 0.4) is 0 Å². The van der Waals surface area contributed by atoms with E-state index in [1.54, 1.807) is 0 Å². The van der Waals surface area contributed by atoms with Crippen LogP contribution in [0.2, 0.25) is 0 Å². The molecule has 2 heterocycles. The molecule has 4 aliphatic rings. The minimum atomic E-state index is -0.739. The third-order valence-corrected chi connectivity index (χ3v) is 24.2. The highest BCUT2D eigenvalue weighted by Crippen LogP contribution is 2.67. The molecule has 113 heavy (non-hydrogen) atoms. The van der Waals surface area contributed by atoms with Gasteiger partial charge >= 0.3 is 0 Å². The molecule has 528 valence electrons. The number of benzene rings is 17. The quantitative estimate of drug-likeness (QED) is 0.115. The summed E-state index contributed by atoms with van der Waals surface area (Å²) in [7, 11) is 0. The Bertz CT molecular complexity index is 6830. The number of nitrogens with zero attached hydrogens (tertiary/aromatic N) is 3. The van der Waals surface area contributed by atoms with Gasteiger partial charge in [0.25, 0.3) is 0 Å². The zero-order valence-corrected chi connectivity index (χ0v) is 61.5. The molecule has 1 unspecified atom stereocenters. The lowest BCUT2D eigenvalue weighted by Gasteiger charge is -2.31. The molecule has 19 aromatic rings. The summed E-state index contributed by atoms with van der Waals surface area (Å²) >= 11 is 0. The molecule has 0 amide bonds. The Hall–Kier alpha value is -14.8. The van der Waals surface area contributed by atoms with E-state index >= 15 is 0 Å². The van der Waals surface area contributed by atoms with E-state index < -0.39 is 10.8 Å². The average molecular weight is 1440 g/mol. The van der Waals surface area contributed by atoms with E-state index in [4.69, 9.17) is 8.83 Å². The zero-order chi connectivity index (χ0) is 74.3. The van der Waals surface area contributed by atoms with Gasteiger partial charge in [-0.1, -0.05) is 285 Å². The monoisotopic (exact) mass is 1440 g/mol. The number of furan rings is 2. The lowest BCUT2D eigenvalue weighted by molar-refractivity contribution is 0.506. The zero-order valence-electron chi connectivity index (χ0n) is 61.5. The van der Waals surface area contributed by atoms with Crippen LogP contribution in [0.4, 0.5) is 51.2 Å². The summed E-state index contributed by atoms with van der Waals surface area (Å²) in [6.07, 6.45) is 0. The second kappa shape index (κ2) is 25.4. The number of hydrogen-bond donors (Lipinski definition) is 0. The molecule has 2 spiro atoms. The number of rotatable bonds is 13. The molecule has 4 aliphatic carbocycles. The number of fused-ring (bicyclic) bond motifs is 24. The Morgan fingerprint density at radius 3 is 1.04 bits per heavy atom. The van der Waals surface area contributed by atoms with Crippen molar-refractivity contribution in [2.24, 2.45) is 0 Å². The van der Waals surface area contributed by atoms with Crippen LogP contribution in [-0.2, 0) is 10.8 Å². The van der Waals surface area contributed by atoms with Gasteiger partial charge in [0.1, 0.15) is 33.5 Å². The van der Waals surface area contributed by atoms with Gasteiger partial charge in [-0.25, -0.2) is 0 Å². The summed E-state index contributed by atoms with van der Waals surface area (Å²) in [5, 5.41) is 2.21. The number of para-hydroxylation sites is 4. The van der Waals surface area contributed by atoms with Crippen molar-refractivity contribution < 1.29 is 8.83 Å². The van der Waals surface area contributed by atoms with Crippen LogP contribution >= 0.6 is 0 Å². The normalized spacial score (nSPS) is 13.9. The highest BCUT2D eigenvalue weighted by atomic mass is 16.3. The van der Waals surface area contributed by atoms with E-state index in [0.717, 1.165) is 140 Å². The summed E-state index contributed by atoms with van der Waals surface area (Å²) in [6, 6.07) is 153. The SMILES string of the molecule is c1ccc(-c2cc(-c3ccccc3)cc(N(c3ccc(-c4ccc(-c5ccc6c7c(oc6c5)C5(c6ccccc6-c6ccc(N(c8ccccc8)c8ccc(N(c9ccccc9)c9ccccc9)cc8)cc65)c5ccccc5-7)cc4)cc3)c3ccc4c(c3)-c3c(oc5ccccc35)C43c4ccccc4-c4ccccc43)c2)cc1. The van der Waals surface area contributed by atoms with Crippen LogP contribution < -0.4 is 14.7 Å². The molecule has 0 aliphatic heterocycles. The first-order chi connectivity index (χ1) is 56.0. The summed E-state index contributed by atoms with van der Waals surface area (Å²) in [4.78, 5) is 7.15. The Balaban J connectivity index is 0.614. The molecule has 2 aromatic heterocycles. The van der Waals surface area contributed by atoms with E-state index in [9.17, 15) is 0 Å². The average Bonchev–Trinajstić information content (AvgIpc) is 1.50. The Kier molecular flexibility index (Phi) is 14.4. The first-order valence-electron chi connectivity index (χ1n) is 38.9. The molecule has 17 aromatic carbocycles. The number of hydrogen-bond acceptors (Lipinski definition) is 5. The summed E-state index contributed by atoms with van der Waals surface area (Å²) in [5.74, 6) is 1.93. The van der Waals surface area contributed by atoms with Crippen LogP contribution in [0.5, 0.6) is 0 Å². The van der Waals surface area contributed by atoms with Crippen molar-refractivity contribution in [2.45, 2.75) is 10.8 Å². The largest absolute Gasteiger partial charge is 0.459 e. The molecular formula is C108H69N3O2. The van der Waals surface area contributed by atoms with E-state index in [-0.39, 0.29) is 0 Å². The molecule has 0 saturated carbocycles.